The van der Waals surface area contributed by atoms with E-state index in [1.165, 1.54) is 13.2 Å². The predicted octanol–water partition coefficient (Wildman–Crippen LogP) is 1.07. The summed E-state index contributed by atoms with van der Waals surface area (Å²) in [7, 11) is -2.21. The second-order valence-electron chi connectivity index (χ2n) is 3.73. The number of hydrogen-bond acceptors (Lipinski definition) is 5. The minimum atomic E-state index is -3.69. The molecule has 1 heterocycles. The van der Waals surface area contributed by atoms with Crippen molar-refractivity contribution in [3.05, 3.63) is 15.8 Å². The van der Waals surface area contributed by atoms with E-state index < -0.39 is 16.0 Å². The molecule has 0 saturated carbocycles. The summed E-state index contributed by atoms with van der Waals surface area (Å²) in [5, 5.41) is 8.82. The normalized spacial score (nSPS) is 13.5. The Hall–Kier alpha value is -0.960. The Morgan fingerprint density at radius 1 is 1.61 bits per heavy atom. The zero-order chi connectivity index (χ0) is 13.9. The fraction of sp³-hybridized carbons (Fsp3) is 0.500. The minimum Gasteiger partial charge on any atom is -0.477 e. The van der Waals surface area contributed by atoms with Gasteiger partial charge in [0.15, 0.2) is 0 Å². The maximum absolute atomic E-state index is 12.0. The topological polar surface area (TPSA) is 92.7 Å². The second-order valence-corrected chi connectivity index (χ2v) is 6.73. The molecule has 6 nitrogen and oxygen atoms in total. The summed E-state index contributed by atoms with van der Waals surface area (Å²) < 4.78 is 31.2. The molecule has 1 aromatic rings. The molecule has 8 heteroatoms. The fourth-order valence-electron chi connectivity index (χ4n) is 1.23. The van der Waals surface area contributed by atoms with Crippen molar-refractivity contribution in [1.82, 2.24) is 4.72 Å². The number of methoxy groups -OCH3 is 1. The van der Waals surface area contributed by atoms with Crippen LogP contribution >= 0.6 is 11.3 Å². The molecular formula is C10H15NO5S2. The number of ether oxygens (including phenoxy) is 1. The molecule has 0 aliphatic heterocycles. The third-order valence-corrected chi connectivity index (χ3v) is 5.05. The van der Waals surface area contributed by atoms with Crippen LogP contribution in [0.3, 0.4) is 0 Å². The van der Waals surface area contributed by atoms with Crippen molar-refractivity contribution in [3.8, 4) is 0 Å². The van der Waals surface area contributed by atoms with Gasteiger partial charge in [-0.3, -0.25) is 0 Å². The van der Waals surface area contributed by atoms with Crippen LogP contribution in [0.25, 0.3) is 0 Å². The maximum Gasteiger partial charge on any atom is 0.345 e. The molecule has 0 bridgehead atoms. The van der Waals surface area contributed by atoms with E-state index in [-0.39, 0.29) is 22.4 Å². The van der Waals surface area contributed by atoms with Gasteiger partial charge in [-0.25, -0.2) is 17.9 Å². The maximum atomic E-state index is 12.0. The van der Waals surface area contributed by atoms with Crippen LogP contribution in [0.15, 0.2) is 11.0 Å². The molecule has 0 spiro atoms. The van der Waals surface area contributed by atoms with Crippen molar-refractivity contribution in [2.75, 3.05) is 13.7 Å². The highest BCUT2D eigenvalue weighted by Gasteiger charge is 2.22. The molecule has 0 aliphatic rings. The Morgan fingerprint density at radius 3 is 2.67 bits per heavy atom. The number of carboxylic acids is 1. The van der Waals surface area contributed by atoms with Crippen molar-refractivity contribution in [2.45, 2.75) is 24.8 Å². The van der Waals surface area contributed by atoms with Gasteiger partial charge in [0, 0.05) is 18.5 Å². The fourth-order valence-corrected chi connectivity index (χ4v) is 3.77. The molecule has 0 fully saturated rings. The van der Waals surface area contributed by atoms with E-state index in [2.05, 4.69) is 4.72 Å². The Bertz CT molecular complexity index is 534. The first kappa shape index (κ1) is 15.1. The molecule has 1 aromatic heterocycles. The molecular weight excluding hydrogens is 278 g/mol. The average Bonchev–Trinajstić information content (AvgIpc) is 2.69. The van der Waals surface area contributed by atoms with Crippen LogP contribution < -0.4 is 4.72 Å². The Balaban J connectivity index is 2.95. The van der Waals surface area contributed by atoms with Crippen molar-refractivity contribution >= 4 is 27.3 Å². The van der Waals surface area contributed by atoms with E-state index in [1.807, 2.05) is 0 Å². The molecule has 1 atom stereocenters. The molecule has 0 radical (unpaired) electrons. The number of aromatic carboxylic acids is 1. The van der Waals surface area contributed by atoms with Gasteiger partial charge in [0.1, 0.15) is 4.88 Å². The first-order valence-corrected chi connectivity index (χ1v) is 7.44. The van der Waals surface area contributed by atoms with E-state index >= 15 is 0 Å². The van der Waals surface area contributed by atoms with E-state index in [0.717, 1.165) is 11.3 Å². The Kier molecular flexibility index (Phi) is 4.85. The average molecular weight is 293 g/mol. The summed E-state index contributed by atoms with van der Waals surface area (Å²) in [6.45, 7) is 3.44. The minimum absolute atomic E-state index is 0.00710. The summed E-state index contributed by atoms with van der Waals surface area (Å²) in [6, 6.07) is 1.17. The van der Waals surface area contributed by atoms with E-state index in [1.54, 1.807) is 13.8 Å². The van der Waals surface area contributed by atoms with Gasteiger partial charge in [0.2, 0.25) is 10.0 Å². The quantitative estimate of drug-likeness (QED) is 0.818. The number of carboxylic acid groups (broad SMARTS) is 1. The summed E-state index contributed by atoms with van der Waals surface area (Å²) in [5.41, 5.74) is 0. The molecule has 0 saturated heterocycles. The van der Waals surface area contributed by atoms with Crippen molar-refractivity contribution in [2.24, 2.45) is 0 Å². The van der Waals surface area contributed by atoms with Gasteiger partial charge in [-0.05, 0) is 19.9 Å². The van der Waals surface area contributed by atoms with Crippen LogP contribution in [0, 0.1) is 6.92 Å². The first-order chi connectivity index (χ1) is 8.27. The standard InChI is InChI=1S/C10H15NO5S2/c1-6(16-3)5-11-18(14,15)9-4-8(10(12)13)17-7(9)2/h4,6,11H,5H2,1-3H3,(H,12,13). The number of aryl methyl sites for hydroxylation is 1. The van der Waals surface area contributed by atoms with Crippen LogP contribution in [0.4, 0.5) is 0 Å². The van der Waals surface area contributed by atoms with Crippen LogP contribution in [0.5, 0.6) is 0 Å². The zero-order valence-electron chi connectivity index (χ0n) is 10.3. The third-order valence-electron chi connectivity index (χ3n) is 2.34. The first-order valence-electron chi connectivity index (χ1n) is 5.14. The van der Waals surface area contributed by atoms with Crippen LogP contribution in [-0.4, -0.2) is 39.3 Å². The highest BCUT2D eigenvalue weighted by molar-refractivity contribution is 7.89. The molecule has 102 valence electrons. The Morgan fingerprint density at radius 2 is 2.22 bits per heavy atom. The lowest BCUT2D eigenvalue weighted by molar-refractivity contribution is 0.0702. The zero-order valence-corrected chi connectivity index (χ0v) is 11.9. The summed E-state index contributed by atoms with van der Waals surface area (Å²) in [6.07, 6.45) is -0.252. The van der Waals surface area contributed by atoms with Crippen LogP contribution in [0.2, 0.25) is 0 Å². The van der Waals surface area contributed by atoms with Gasteiger partial charge < -0.3 is 9.84 Å². The lowest BCUT2D eigenvalue weighted by Crippen LogP contribution is -2.31. The van der Waals surface area contributed by atoms with Crippen molar-refractivity contribution in [1.29, 1.82) is 0 Å². The predicted molar refractivity (Wildman–Crippen MR) is 67.7 cm³/mol. The summed E-state index contributed by atoms with van der Waals surface area (Å²) in [4.78, 5) is 11.2. The van der Waals surface area contributed by atoms with Crippen molar-refractivity contribution < 1.29 is 23.1 Å². The number of nitrogens with one attached hydrogen (secondary N) is 1. The third kappa shape index (κ3) is 3.52. The molecule has 0 aliphatic carbocycles. The Labute approximate surface area is 110 Å². The largest absolute Gasteiger partial charge is 0.477 e. The van der Waals surface area contributed by atoms with Gasteiger partial charge >= 0.3 is 5.97 Å². The lowest BCUT2D eigenvalue weighted by Gasteiger charge is -2.10. The molecule has 2 N–H and O–H groups in total. The molecule has 0 aromatic carbocycles. The smallest absolute Gasteiger partial charge is 0.345 e. The second kappa shape index (κ2) is 5.79. The van der Waals surface area contributed by atoms with Gasteiger partial charge in [-0.2, -0.15) is 0 Å². The number of sulfonamides is 1. The number of carbonyl (C=O) groups is 1. The van der Waals surface area contributed by atoms with Crippen molar-refractivity contribution in [3.63, 3.8) is 0 Å². The van der Waals surface area contributed by atoms with Gasteiger partial charge in [-0.1, -0.05) is 0 Å². The molecule has 18 heavy (non-hydrogen) atoms. The van der Waals surface area contributed by atoms with E-state index in [9.17, 15) is 13.2 Å². The summed E-state index contributed by atoms with van der Waals surface area (Å²) >= 11 is 0.939. The van der Waals surface area contributed by atoms with Gasteiger partial charge in [0.25, 0.3) is 0 Å². The number of hydrogen-bond donors (Lipinski definition) is 2. The van der Waals surface area contributed by atoms with Gasteiger partial charge in [0.05, 0.1) is 11.0 Å². The highest BCUT2D eigenvalue weighted by Crippen LogP contribution is 2.25. The monoisotopic (exact) mass is 293 g/mol. The lowest BCUT2D eigenvalue weighted by atomic mass is 10.4. The van der Waals surface area contributed by atoms with E-state index in [4.69, 9.17) is 9.84 Å². The molecule has 1 unspecified atom stereocenters. The van der Waals surface area contributed by atoms with Crippen LogP contribution in [-0.2, 0) is 14.8 Å². The number of rotatable bonds is 6. The van der Waals surface area contributed by atoms with Gasteiger partial charge in [-0.15, -0.1) is 11.3 Å². The highest BCUT2D eigenvalue weighted by atomic mass is 32.2. The van der Waals surface area contributed by atoms with E-state index in [0.29, 0.717) is 4.88 Å². The molecule has 0 amide bonds. The summed E-state index contributed by atoms with van der Waals surface area (Å²) in [5.74, 6) is -1.13. The number of thiophene rings is 1. The van der Waals surface area contributed by atoms with Crippen LogP contribution in [0.1, 0.15) is 21.5 Å². The SMILES string of the molecule is COC(C)CNS(=O)(=O)c1cc(C(=O)O)sc1C. The molecule has 1 rings (SSSR count).